The highest BCUT2D eigenvalue weighted by Crippen LogP contribution is 2.13. The van der Waals surface area contributed by atoms with Gasteiger partial charge in [0.2, 0.25) is 0 Å². The molecular weight excluding hydrogens is 124 g/mol. The van der Waals surface area contributed by atoms with E-state index in [2.05, 4.69) is 34.4 Å². The van der Waals surface area contributed by atoms with E-state index in [1.54, 1.807) is 0 Å². The Morgan fingerprint density at radius 2 is 2.10 bits per heavy atom. The lowest BCUT2D eigenvalue weighted by molar-refractivity contribution is 0.550. The maximum Gasteiger partial charge on any atom is 0.0467 e. The lowest BCUT2D eigenvalue weighted by atomic mass is 10.3. The second kappa shape index (κ2) is 2.46. The Kier molecular flexibility index (Phi) is 1.47. The van der Waals surface area contributed by atoms with Crippen LogP contribution >= 0.6 is 0 Å². The molecule has 2 heteroatoms. The van der Waals surface area contributed by atoms with Gasteiger partial charge in [0, 0.05) is 25.0 Å². The van der Waals surface area contributed by atoms with E-state index in [9.17, 15) is 0 Å². The predicted molar refractivity (Wildman–Crippen MR) is 41.0 cm³/mol. The molecule has 1 saturated heterocycles. The molecule has 0 unspecified atom stereocenters. The molecule has 1 aliphatic heterocycles. The summed E-state index contributed by atoms with van der Waals surface area (Å²) in [6, 6.07) is 4.87. The molecule has 54 valence electrons. The van der Waals surface area contributed by atoms with E-state index < -0.39 is 0 Å². The highest BCUT2D eigenvalue weighted by Gasteiger charge is 2.13. The van der Waals surface area contributed by atoms with Gasteiger partial charge in [-0.1, -0.05) is 0 Å². The number of hydrogen-bond donors (Lipinski definition) is 1. The van der Waals surface area contributed by atoms with Crippen LogP contribution in [-0.4, -0.2) is 17.7 Å². The van der Waals surface area contributed by atoms with E-state index in [0.717, 1.165) is 6.54 Å². The largest absolute Gasteiger partial charge is 0.350 e. The molecule has 10 heavy (non-hydrogen) atoms. The van der Waals surface area contributed by atoms with Crippen molar-refractivity contribution in [2.75, 3.05) is 13.1 Å². The van der Waals surface area contributed by atoms with Gasteiger partial charge in [0.15, 0.2) is 0 Å². The van der Waals surface area contributed by atoms with Gasteiger partial charge in [-0.15, -0.1) is 0 Å². The number of aromatic nitrogens is 1. The molecule has 1 aliphatic rings. The fraction of sp³-hybridized carbons (Fsp3) is 0.500. The van der Waals surface area contributed by atoms with Crippen molar-refractivity contribution in [3.8, 4) is 0 Å². The van der Waals surface area contributed by atoms with E-state index in [4.69, 9.17) is 0 Å². The first-order valence-electron chi connectivity index (χ1n) is 3.80. The number of rotatable bonds is 1. The summed E-state index contributed by atoms with van der Waals surface area (Å²) in [5.74, 6) is 0. The highest BCUT2D eigenvalue weighted by atomic mass is 15.1. The fourth-order valence-electron chi connectivity index (χ4n) is 1.49. The molecule has 0 amide bonds. The summed E-state index contributed by atoms with van der Waals surface area (Å²) in [4.78, 5) is 0. The van der Waals surface area contributed by atoms with Crippen LogP contribution in [0.2, 0.25) is 0 Å². The number of nitrogens with zero attached hydrogens (tertiary/aromatic N) is 1. The molecule has 0 aliphatic carbocycles. The third-order valence-electron chi connectivity index (χ3n) is 2.08. The average molecular weight is 136 g/mol. The summed E-state index contributed by atoms with van der Waals surface area (Å²) in [5.41, 5.74) is 0. The smallest absolute Gasteiger partial charge is 0.0467 e. The second-order valence-electron chi connectivity index (χ2n) is 2.78. The van der Waals surface area contributed by atoms with Crippen molar-refractivity contribution in [3.05, 3.63) is 24.5 Å². The third-order valence-corrected chi connectivity index (χ3v) is 2.08. The van der Waals surface area contributed by atoms with Crippen molar-refractivity contribution in [2.45, 2.75) is 12.5 Å². The molecule has 2 heterocycles. The highest BCUT2D eigenvalue weighted by molar-refractivity contribution is 4.94. The second-order valence-corrected chi connectivity index (χ2v) is 2.78. The van der Waals surface area contributed by atoms with E-state index >= 15 is 0 Å². The summed E-state index contributed by atoms with van der Waals surface area (Å²) in [5, 5.41) is 3.34. The first-order chi connectivity index (χ1) is 4.97. The molecule has 0 saturated carbocycles. The van der Waals surface area contributed by atoms with Crippen molar-refractivity contribution in [2.24, 2.45) is 0 Å². The number of nitrogens with one attached hydrogen (secondary N) is 1. The molecule has 2 rings (SSSR count). The van der Waals surface area contributed by atoms with E-state index in [1.165, 1.54) is 13.0 Å². The van der Waals surface area contributed by atoms with Crippen LogP contribution in [0.1, 0.15) is 12.5 Å². The fourth-order valence-corrected chi connectivity index (χ4v) is 1.49. The zero-order valence-electron chi connectivity index (χ0n) is 5.96. The van der Waals surface area contributed by atoms with Crippen LogP contribution in [0.4, 0.5) is 0 Å². The summed E-state index contributed by atoms with van der Waals surface area (Å²) >= 11 is 0. The van der Waals surface area contributed by atoms with Crippen molar-refractivity contribution in [1.82, 2.24) is 9.88 Å². The predicted octanol–water partition coefficient (Wildman–Crippen LogP) is 1.02. The van der Waals surface area contributed by atoms with E-state index in [-0.39, 0.29) is 0 Å². The van der Waals surface area contributed by atoms with Crippen molar-refractivity contribution < 1.29 is 0 Å². The van der Waals surface area contributed by atoms with E-state index in [0.29, 0.717) is 6.04 Å². The first-order valence-corrected chi connectivity index (χ1v) is 3.80. The summed E-state index contributed by atoms with van der Waals surface area (Å²) in [6.07, 6.45) is 5.55. The van der Waals surface area contributed by atoms with Crippen molar-refractivity contribution in [3.63, 3.8) is 0 Å². The topological polar surface area (TPSA) is 17.0 Å². The van der Waals surface area contributed by atoms with Crippen LogP contribution in [0.15, 0.2) is 24.5 Å². The Labute approximate surface area is 60.9 Å². The Morgan fingerprint density at radius 1 is 1.30 bits per heavy atom. The van der Waals surface area contributed by atoms with Crippen molar-refractivity contribution >= 4 is 0 Å². The Bertz CT molecular complexity index is 185. The molecule has 1 aromatic heterocycles. The summed E-state index contributed by atoms with van der Waals surface area (Å²) in [6.45, 7) is 2.30. The van der Waals surface area contributed by atoms with Crippen LogP contribution < -0.4 is 5.32 Å². The van der Waals surface area contributed by atoms with Gasteiger partial charge >= 0.3 is 0 Å². The van der Waals surface area contributed by atoms with Gasteiger partial charge in [-0.05, 0) is 25.1 Å². The molecule has 0 bridgehead atoms. The molecule has 0 spiro atoms. The summed E-state index contributed by atoms with van der Waals surface area (Å²) < 4.78 is 2.28. The quantitative estimate of drug-likeness (QED) is 0.610. The molecule has 1 atom stereocenters. The van der Waals surface area contributed by atoms with Crippen LogP contribution in [0.5, 0.6) is 0 Å². The van der Waals surface area contributed by atoms with Crippen LogP contribution in [0.3, 0.4) is 0 Å². The van der Waals surface area contributed by atoms with E-state index in [1.807, 2.05) is 0 Å². The van der Waals surface area contributed by atoms with Gasteiger partial charge < -0.3 is 9.88 Å². The molecule has 1 N–H and O–H groups in total. The number of hydrogen-bond acceptors (Lipinski definition) is 1. The Balaban J connectivity index is 2.12. The molecule has 2 nitrogen and oxygen atoms in total. The first kappa shape index (κ1) is 5.98. The Morgan fingerprint density at radius 3 is 2.70 bits per heavy atom. The molecular formula is C8H12N2. The Hall–Kier alpha value is -0.760. The lowest BCUT2D eigenvalue weighted by Crippen LogP contribution is -2.11. The minimum atomic E-state index is 0.704. The SMILES string of the molecule is c1ccn([C@@H]2CCNC2)c1. The van der Waals surface area contributed by atoms with Gasteiger partial charge in [0.1, 0.15) is 0 Å². The van der Waals surface area contributed by atoms with Crippen LogP contribution in [0.25, 0.3) is 0 Å². The zero-order valence-corrected chi connectivity index (χ0v) is 5.96. The minimum absolute atomic E-state index is 0.704. The molecule has 0 aromatic carbocycles. The monoisotopic (exact) mass is 136 g/mol. The third kappa shape index (κ3) is 0.948. The van der Waals surface area contributed by atoms with Crippen LogP contribution in [-0.2, 0) is 0 Å². The van der Waals surface area contributed by atoms with Gasteiger partial charge in [-0.2, -0.15) is 0 Å². The summed E-state index contributed by atoms with van der Waals surface area (Å²) in [7, 11) is 0. The maximum absolute atomic E-state index is 3.34. The minimum Gasteiger partial charge on any atom is -0.350 e. The standard InChI is InChI=1S/C8H12N2/c1-2-6-10(5-1)8-3-4-9-7-8/h1-2,5-6,8-9H,3-4,7H2/t8-/m1/s1. The normalized spacial score (nSPS) is 25.4. The van der Waals surface area contributed by atoms with Crippen molar-refractivity contribution in [1.29, 1.82) is 0 Å². The zero-order chi connectivity index (χ0) is 6.81. The average Bonchev–Trinajstić information content (AvgIpc) is 2.59. The van der Waals surface area contributed by atoms with Crippen LogP contribution in [0, 0.1) is 0 Å². The molecule has 0 radical (unpaired) electrons. The lowest BCUT2D eigenvalue weighted by Gasteiger charge is -2.08. The van der Waals surface area contributed by atoms with Gasteiger partial charge in [0.25, 0.3) is 0 Å². The van der Waals surface area contributed by atoms with Gasteiger partial charge in [-0.25, -0.2) is 0 Å². The van der Waals surface area contributed by atoms with Gasteiger partial charge in [-0.3, -0.25) is 0 Å². The maximum atomic E-state index is 3.34. The van der Waals surface area contributed by atoms with Gasteiger partial charge in [0.05, 0.1) is 0 Å². The molecule has 1 fully saturated rings. The molecule has 1 aromatic rings.